The quantitative estimate of drug-likeness (QED) is 0.182. The minimum absolute atomic E-state index is 0.0441. The van der Waals surface area contributed by atoms with Gasteiger partial charge in [0.05, 0.1) is 22.1 Å². The van der Waals surface area contributed by atoms with Crippen LogP contribution in [0.4, 0.5) is 0 Å². The lowest BCUT2D eigenvalue weighted by atomic mass is 9.82. The van der Waals surface area contributed by atoms with Crippen LogP contribution in [0.2, 0.25) is 0 Å². The van der Waals surface area contributed by atoms with Crippen molar-refractivity contribution in [2.24, 2.45) is 0 Å². The molecular formula is C66H47N3. The summed E-state index contributed by atoms with van der Waals surface area (Å²) in [7, 11) is 0. The van der Waals surface area contributed by atoms with Crippen molar-refractivity contribution in [3.05, 3.63) is 229 Å². The van der Waals surface area contributed by atoms with Crippen LogP contribution in [0, 0.1) is 0 Å². The summed E-state index contributed by atoms with van der Waals surface area (Å²) in [5, 5.41) is 7.54. The van der Waals surface area contributed by atoms with E-state index in [2.05, 4.69) is 248 Å². The average Bonchev–Trinajstić information content (AvgIpc) is 4.13. The number of para-hydroxylation sites is 2. The van der Waals surface area contributed by atoms with Crippen molar-refractivity contribution in [2.75, 3.05) is 0 Å². The van der Waals surface area contributed by atoms with Gasteiger partial charge in [-0.25, -0.2) is 0 Å². The topological polar surface area (TPSA) is 25.6 Å². The summed E-state index contributed by atoms with van der Waals surface area (Å²) in [6, 6.07) is 77.5. The predicted octanol–water partition coefficient (Wildman–Crippen LogP) is 17.5. The standard InChI is InChI=1S/C66H47N3/c1-65(2)55-21-13-11-19-45(55)47-35-50-49-31-39(23-27-59(49)67-60(50)37-57(47)65)40-24-28-61-51(32-40)52-33-41(25-29-62(52)68(61)43-15-7-5-8-16-43)42-26-30-63-53(34-42)54-36-48-46-20-12-14-22-56(46)66(3,4)58(48)38-64(54)69(63)44-17-9-6-10-18-44/h5-38,67H,1-4H3. The van der Waals surface area contributed by atoms with Gasteiger partial charge in [-0.3, -0.25) is 0 Å². The zero-order valence-corrected chi connectivity index (χ0v) is 39.0. The highest BCUT2D eigenvalue weighted by molar-refractivity contribution is 6.15. The Morgan fingerprint density at radius 1 is 0.290 bits per heavy atom. The maximum absolute atomic E-state index is 3.79. The van der Waals surface area contributed by atoms with Crippen LogP contribution < -0.4 is 0 Å². The van der Waals surface area contributed by atoms with Crippen molar-refractivity contribution in [3.8, 4) is 55.9 Å². The highest BCUT2D eigenvalue weighted by atomic mass is 15.0. The van der Waals surface area contributed by atoms with Crippen molar-refractivity contribution in [2.45, 2.75) is 38.5 Å². The summed E-state index contributed by atoms with van der Waals surface area (Å²) in [6.07, 6.45) is 0. The Balaban J connectivity index is 0.912. The van der Waals surface area contributed by atoms with Crippen LogP contribution in [0.25, 0.3) is 121 Å². The molecule has 0 aliphatic heterocycles. The van der Waals surface area contributed by atoms with E-state index < -0.39 is 0 Å². The molecule has 1 N–H and O–H groups in total. The summed E-state index contributed by atoms with van der Waals surface area (Å²) in [5.41, 5.74) is 25.2. The molecule has 2 aliphatic carbocycles. The first kappa shape index (κ1) is 38.7. The molecule has 0 spiro atoms. The van der Waals surface area contributed by atoms with Crippen LogP contribution in [-0.2, 0) is 10.8 Å². The Bertz CT molecular complexity index is 4340. The van der Waals surface area contributed by atoms with Gasteiger partial charge in [-0.1, -0.05) is 137 Å². The third-order valence-electron chi connectivity index (χ3n) is 16.2. The van der Waals surface area contributed by atoms with Crippen molar-refractivity contribution < 1.29 is 0 Å². The van der Waals surface area contributed by atoms with Gasteiger partial charge in [-0.2, -0.15) is 0 Å². The molecule has 326 valence electrons. The fourth-order valence-electron chi connectivity index (χ4n) is 12.8. The lowest BCUT2D eigenvalue weighted by Gasteiger charge is -2.21. The molecule has 0 radical (unpaired) electrons. The number of fused-ring (bicyclic) bond motifs is 15. The minimum atomic E-state index is -0.0914. The number of aromatic amines is 1. The maximum Gasteiger partial charge on any atom is 0.0544 e. The number of aromatic nitrogens is 3. The Labute approximate surface area is 400 Å². The molecule has 0 amide bonds. The van der Waals surface area contributed by atoms with Gasteiger partial charge in [0.2, 0.25) is 0 Å². The zero-order valence-electron chi connectivity index (χ0n) is 39.0. The number of nitrogens with zero attached hydrogens (tertiary/aromatic N) is 2. The SMILES string of the molecule is CC1(C)c2ccccc2-c2cc3c(cc21)[nH]c1ccc(-c2ccc4c(c2)c2cc(-c5ccc6c(c5)c5cc7c(cc5n6-c5ccccc5)C(C)(C)c5ccccc5-7)ccc2n4-c2ccccc2)cc13. The molecule has 0 bridgehead atoms. The summed E-state index contributed by atoms with van der Waals surface area (Å²) in [6.45, 7) is 9.45. The molecule has 3 nitrogen and oxygen atoms in total. The van der Waals surface area contributed by atoms with Gasteiger partial charge in [0.1, 0.15) is 0 Å². The van der Waals surface area contributed by atoms with Crippen LogP contribution in [0.3, 0.4) is 0 Å². The third kappa shape index (κ3) is 5.28. The van der Waals surface area contributed by atoms with E-state index in [-0.39, 0.29) is 10.8 Å². The molecule has 3 heterocycles. The van der Waals surface area contributed by atoms with Gasteiger partial charge >= 0.3 is 0 Å². The van der Waals surface area contributed by atoms with Gasteiger partial charge in [0, 0.05) is 65.6 Å². The maximum atomic E-state index is 3.79. The van der Waals surface area contributed by atoms with Gasteiger partial charge in [-0.15, -0.1) is 0 Å². The number of benzene rings is 10. The first-order valence-corrected chi connectivity index (χ1v) is 24.3. The summed E-state index contributed by atoms with van der Waals surface area (Å²) in [5.74, 6) is 0. The molecule has 2 aliphatic rings. The largest absolute Gasteiger partial charge is 0.355 e. The molecular weight excluding hydrogens is 835 g/mol. The van der Waals surface area contributed by atoms with Crippen LogP contribution in [0.5, 0.6) is 0 Å². The number of nitrogens with one attached hydrogen (secondary N) is 1. The average molecular weight is 882 g/mol. The summed E-state index contributed by atoms with van der Waals surface area (Å²) in [4.78, 5) is 3.79. The second-order valence-corrected chi connectivity index (χ2v) is 20.6. The molecule has 0 unspecified atom stereocenters. The number of hydrogen-bond acceptors (Lipinski definition) is 0. The zero-order chi connectivity index (χ0) is 45.9. The first-order valence-electron chi connectivity index (χ1n) is 24.3. The van der Waals surface area contributed by atoms with E-state index >= 15 is 0 Å². The van der Waals surface area contributed by atoms with Crippen LogP contribution >= 0.6 is 0 Å². The van der Waals surface area contributed by atoms with Crippen molar-refractivity contribution in [1.82, 2.24) is 14.1 Å². The monoisotopic (exact) mass is 881 g/mol. The highest BCUT2D eigenvalue weighted by Gasteiger charge is 2.37. The van der Waals surface area contributed by atoms with E-state index in [4.69, 9.17) is 0 Å². The van der Waals surface area contributed by atoms with E-state index in [0.29, 0.717) is 0 Å². The van der Waals surface area contributed by atoms with Crippen LogP contribution in [0.1, 0.15) is 49.9 Å². The smallest absolute Gasteiger partial charge is 0.0544 e. The van der Waals surface area contributed by atoms with E-state index in [0.717, 1.165) is 11.2 Å². The fourth-order valence-corrected chi connectivity index (χ4v) is 12.8. The Kier molecular flexibility index (Phi) is 7.63. The van der Waals surface area contributed by atoms with Gasteiger partial charge in [-0.05, 0) is 164 Å². The molecule has 0 fully saturated rings. The first-order chi connectivity index (χ1) is 33.7. The normalized spacial score (nSPS) is 14.3. The Morgan fingerprint density at radius 2 is 0.681 bits per heavy atom. The van der Waals surface area contributed by atoms with Crippen molar-refractivity contribution >= 4 is 65.4 Å². The van der Waals surface area contributed by atoms with Crippen molar-refractivity contribution in [1.29, 1.82) is 0 Å². The summed E-state index contributed by atoms with van der Waals surface area (Å²) < 4.78 is 4.89. The fraction of sp³-hybridized carbons (Fsp3) is 0.0909. The molecule has 0 atom stereocenters. The minimum Gasteiger partial charge on any atom is -0.355 e. The molecule has 3 heteroatoms. The molecule has 0 saturated carbocycles. The lowest BCUT2D eigenvalue weighted by Crippen LogP contribution is -2.14. The van der Waals surface area contributed by atoms with Crippen LogP contribution in [0.15, 0.2) is 206 Å². The van der Waals surface area contributed by atoms with Crippen molar-refractivity contribution in [3.63, 3.8) is 0 Å². The van der Waals surface area contributed by atoms with Gasteiger partial charge < -0.3 is 14.1 Å². The predicted molar refractivity (Wildman–Crippen MR) is 290 cm³/mol. The highest BCUT2D eigenvalue weighted by Crippen LogP contribution is 2.53. The lowest BCUT2D eigenvalue weighted by molar-refractivity contribution is 0.661. The second-order valence-electron chi connectivity index (χ2n) is 20.6. The molecule has 13 aromatic rings. The number of rotatable bonds is 4. The van der Waals surface area contributed by atoms with Gasteiger partial charge in [0.25, 0.3) is 0 Å². The van der Waals surface area contributed by atoms with E-state index in [1.165, 1.54) is 132 Å². The Hall–Kier alpha value is -8.40. The molecule has 10 aromatic carbocycles. The number of hydrogen-bond donors (Lipinski definition) is 1. The Morgan fingerprint density at radius 3 is 1.20 bits per heavy atom. The van der Waals surface area contributed by atoms with E-state index in [1.54, 1.807) is 0 Å². The third-order valence-corrected chi connectivity index (χ3v) is 16.2. The summed E-state index contributed by atoms with van der Waals surface area (Å²) >= 11 is 0. The van der Waals surface area contributed by atoms with E-state index in [1.807, 2.05) is 0 Å². The van der Waals surface area contributed by atoms with Crippen LogP contribution in [-0.4, -0.2) is 14.1 Å². The molecule has 69 heavy (non-hydrogen) atoms. The second kappa shape index (κ2) is 13.6. The molecule has 0 saturated heterocycles. The van der Waals surface area contributed by atoms with E-state index in [9.17, 15) is 0 Å². The molecule has 3 aromatic heterocycles. The van der Waals surface area contributed by atoms with Gasteiger partial charge in [0.15, 0.2) is 0 Å². The molecule has 15 rings (SSSR count). The number of H-pyrrole nitrogens is 1.